The van der Waals surface area contributed by atoms with Crippen LogP contribution in [0.3, 0.4) is 0 Å². The molecule has 0 bridgehead atoms. The van der Waals surface area contributed by atoms with E-state index in [1.807, 2.05) is 12.2 Å². The molecule has 1 atom stereocenters. The van der Waals surface area contributed by atoms with Crippen LogP contribution in [0.2, 0.25) is 0 Å². The molecule has 2 aromatic rings. The molecule has 1 N–H and O–H groups in total. The van der Waals surface area contributed by atoms with Crippen molar-refractivity contribution < 1.29 is 31.8 Å². The molecule has 0 spiro atoms. The fourth-order valence-electron chi connectivity index (χ4n) is 3.20. The van der Waals surface area contributed by atoms with Crippen LogP contribution in [0.25, 0.3) is 0 Å². The lowest BCUT2D eigenvalue weighted by Crippen LogP contribution is -2.35. The van der Waals surface area contributed by atoms with Crippen molar-refractivity contribution in [1.29, 1.82) is 0 Å². The number of sulfonamides is 1. The number of halogens is 2. The normalized spacial score (nSPS) is 16.3. The molecule has 0 amide bonds. The lowest BCUT2D eigenvalue weighted by molar-refractivity contribution is 0.0696. The molecule has 9 heteroatoms. The van der Waals surface area contributed by atoms with Crippen molar-refractivity contribution in [1.82, 2.24) is 4.31 Å². The second kappa shape index (κ2) is 9.40. The van der Waals surface area contributed by atoms with Crippen LogP contribution in [-0.4, -0.2) is 37.5 Å². The van der Waals surface area contributed by atoms with Gasteiger partial charge >= 0.3 is 5.97 Å². The molecule has 0 fully saturated rings. The van der Waals surface area contributed by atoms with Crippen molar-refractivity contribution in [3.8, 4) is 0 Å². The van der Waals surface area contributed by atoms with E-state index in [9.17, 15) is 22.0 Å². The van der Waals surface area contributed by atoms with Crippen molar-refractivity contribution in [2.75, 3.05) is 13.7 Å². The van der Waals surface area contributed by atoms with Gasteiger partial charge in [-0.2, -0.15) is 4.31 Å². The van der Waals surface area contributed by atoms with Gasteiger partial charge in [-0.05, 0) is 66.5 Å². The Morgan fingerprint density at radius 3 is 2.42 bits per heavy atom. The monoisotopic (exact) mass is 449 g/mol. The number of methoxy groups -OCH3 is 1. The Morgan fingerprint density at radius 1 is 1.16 bits per heavy atom. The number of allylic oxidation sites excluding steroid dienone is 2. The van der Waals surface area contributed by atoms with Gasteiger partial charge in [0.05, 0.1) is 17.6 Å². The first-order chi connectivity index (χ1) is 14.7. The Morgan fingerprint density at radius 2 is 1.87 bits per heavy atom. The number of carboxylic acid groups (broad SMARTS) is 1. The van der Waals surface area contributed by atoms with Crippen LogP contribution in [0.15, 0.2) is 71.3 Å². The zero-order valence-corrected chi connectivity index (χ0v) is 17.5. The molecule has 0 saturated carbocycles. The van der Waals surface area contributed by atoms with Crippen molar-refractivity contribution in [3.63, 3.8) is 0 Å². The Kier molecular flexibility index (Phi) is 6.87. The molecule has 3 rings (SSSR count). The third-order valence-corrected chi connectivity index (χ3v) is 6.74. The zero-order valence-electron chi connectivity index (χ0n) is 16.7. The second-order valence-electron chi connectivity index (χ2n) is 7.04. The van der Waals surface area contributed by atoms with Crippen molar-refractivity contribution >= 4 is 16.0 Å². The number of carbonyl (C=O) groups is 1. The van der Waals surface area contributed by atoms with Crippen LogP contribution >= 0.6 is 0 Å². The summed E-state index contributed by atoms with van der Waals surface area (Å²) >= 11 is 0. The van der Waals surface area contributed by atoms with E-state index in [2.05, 4.69) is 0 Å². The van der Waals surface area contributed by atoms with Gasteiger partial charge in [-0.25, -0.2) is 22.0 Å². The smallest absolute Gasteiger partial charge is 0.335 e. The van der Waals surface area contributed by atoms with Gasteiger partial charge < -0.3 is 9.84 Å². The van der Waals surface area contributed by atoms with Gasteiger partial charge in [0.1, 0.15) is 5.76 Å². The van der Waals surface area contributed by atoms with Crippen LogP contribution in [0.4, 0.5) is 8.78 Å². The van der Waals surface area contributed by atoms with Crippen LogP contribution < -0.4 is 0 Å². The van der Waals surface area contributed by atoms with Gasteiger partial charge in [-0.3, -0.25) is 0 Å². The van der Waals surface area contributed by atoms with E-state index in [1.54, 1.807) is 6.08 Å². The van der Waals surface area contributed by atoms with E-state index in [0.29, 0.717) is 12.2 Å². The van der Waals surface area contributed by atoms with Crippen molar-refractivity contribution in [2.45, 2.75) is 17.9 Å². The predicted octanol–water partition coefficient (Wildman–Crippen LogP) is 3.96. The predicted molar refractivity (Wildman–Crippen MR) is 110 cm³/mol. The van der Waals surface area contributed by atoms with Gasteiger partial charge in [0.2, 0.25) is 10.0 Å². The van der Waals surface area contributed by atoms with Gasteiger partial charge in [-0.15, -0.1) is 0 Å². The first-order valence-electron chi connectivity index (χ1n) is 9.40. The SMILES string of the molecule is COC1=CCC(CN(Cc2ccc(F)c(F)c2)S(=O)(=O)c2ccc(C(=O)O)cc2)C=C1. The minimum atomic E-state index is -4.04. The number of hydrogen-bond donors (Lipinski definition) is 1. The minimum absolute atomic E-state index is 0.0430. The summed E-state index contributed by atoms with van der Waals surface area (Å²) in [6, 6.07) is 8.09. The first-order valence-corrected chi connectivity index (χ1v) is 10.8. The van der Waals surface area contributed by atoms with E-state index in [1.165, 1.54) is 41.7 Å². The Labute approximate surface area is 179 Å². The van der Waals surface area contributed by atoms with Crippen LogP contribution in [0.5, 0.6) is 0 Å². The fourth-order valence-corrected chi connectivity index (χ4v) is 4.69. The van der Waals surface area contributed by atoms with E-state index < -0.39 is 27.6 Å². The van der Waals surface area contributed by atoms with Gasteiger partial charge in [-0.1, -0.05) is 12.1 Å². The van der Waals surface area contributed by atoms with E-state index in [4.69, 9.17) is 9.84 Å². The third-order valence-electron chi connectivity index (χ3n) is 4.91. The van der Waals surface area contributed by atoms with Gasteiger partial charge in [0.15, 0.2) is 11.6 Å². The summed E-state index contributed by atoms with van der Waals surface area (Å²) in [6.07, 6.45) is 5.97. The first kappa shape index (κ1) is 22.6. The van der Waals surface area contributed by atoms with E-state index in [0.717, 1.165) is 12.1 Å². The highest BCUT2D eigenvalue weighted by Crippen LogP contribution is 2.25. The highest BCUT2D eigenvalue weighted by atomic mass is 32.2. The third kappa shape index (κ3) is 5.36. The molecule has 0 radical (unpaired) electrons. The minimum Gasteiger partial charge on any atom is -0.497 e. The largest absolute Gasteiger partial charge is 0.497 e. The molecule has 0 aromatic heterocycles. The summed E-state index contributed by atoms with van der Waals surface area (Å²) in [5.41, 5.74) is 0.246. The fraction of sp³-hybridized carbons (Fsp3) is 0.227. The standard InChI is InChI=1S/C22H21F2NO5S/c1-30-18-7-2-15(3-8-18)13-25(14-16-4-11-20(23)21(24)12-16)31(28,29)19-9-5-17(6-10-19)22(26)27/h2,4-12,15H,3,13-14H2,1H3,(H,26,27). The molecule has 1 aliphatic rings. The number of aromatic carboxylic acids is 1. The molecule has 2 aromatic carbocycles. The molecular weight excluding hydrogens is 428 g/mol. The average Bonchev–Trinajstić information content (AvgIpc) is 2.76. The van der Waals surface area contributed by atoms with Crippen molar-refractivity contribution in [3.05, 3.63) is 89.2 Å². The molecule has 164 valence electrons. The molecule has 6 nitrogen and oxygen atoms in total. The Balaban J connectivity index is 1.91. The maximum Gasteiger partial charge on any atom is 0.335 e. The van der Waals surface area contributed by atoms with Gasteiger partial charge in [0.25, 0.3) is 0 Å². The summed E-state index contributed by atoms with van der Waals surface area (Å²) < 4.78 is 59.9. The van der Waals surface area contributed by atoms with E-state index in [-0.39, 0.29) is 35.0 Å². The molecule has 0 aliphatic heterocycles. The lowest BCUT2D eigenvalue weighted by Gasteiger charge is -2.26. The van der Waals surface area contributed by atoms with Crippen LogP contribution in [0, 0.1) is 17.6 Å². The quantitative estimate of drug-likeness (QED) is 0.660. The maximum absolute atomic E-state index is 13.7. The molecule has 0 heterocycles. The van der Waals surface area contributed by atoms with Gasteiger partial charge in [0, 0.05) is 13.1 Å². The van der Waals surface area contributed by atoms with Crippen LogP contribution in [-0.2, 0) is 21.3 Å². The molecular formula is C22H21F2NO5S. The number of nitrogens with zero attached hydrogens (tertiary/aromatic N) is 1. The molecule has 1 aliphatic carbocycles. The summed E-state index contributed by atoms with van der Waals surface area (Å²) in [7, 11) is -2.51. The topological polar surface area (TPSA) is 83.9 Å². The Hall–Kier alpha value is -3.04. The molecule has 1 unspecified atom stereocenters. The zero-order chi connectivity index (χ0) is 22.6. The number of carboxylic acids is 1. The number of ether oxygens (including phenoxy) is 1. The number of benzene rings is 2. The number of hydrogen-bond acceptors (Lipinski definition) is 4. The highest BCUT2D eigenvalue weighted by molar-refractivity contribution is 7.89. The summed E-state index contributed by atoms with van der Waals surface area (Å²) in [6.45, 7) is -0.0859. The summed E-state index contributed by atoms with van der Waals surface area (Å²) in [5.74, 6) is -2.73. The molecule has 31 heavy (non-hydrogen) atoms. The molecule has 0 saturated heterocycles. The highest BCUT2D eigenvalue weighted by Gasteiger charge is 2.28. The lowest BCUT2D eigenvalue weighted by atomic mass is 10.00. The maximum atomic E-state index is 13.7. The number of rotatable bonds is 8. The summed E-state index contributed by atoms with van der Waals surface area (Å²) in [5, 5.41) is 9.04. The average molecular weight is 449 g/mol. The van der Waals surface area contributed by atoms with Crippen molar-refractivity contribution in [2.24, 2.45) is 5.92 Å². The van der Waals surface area contributed by atoms with Crippen LogP contribution in [0.1, 0.15) is 22.3 Å². The Bertz CT molecular complexity index is 1130. The summed E-state index contributed by atoms with van der Waals surface area (Å²) in [4.78, 5) is 11.0. The second-order valence-corrected chi connectivity index (χ2v) is 8.98. The van der Waals surface area contributed by atoms with E-state index >= 15 is 0 Å².